The van der Waals surface area contributed by atoms with Crippen molar-refractivity contribution >= 4 is 11.9 Å². The third kappa shape index (κ3) is 4.78. The van der Waals surface area contributed by atoms with E-state index in [0.29, 0.717) is 6.54 Å². The van der Waals surface area contributed by atoms with Crippen molar-refractivity contribution < 1.29 is 14.3 Å². The summed E-state index contributed by atoms with van der Waals surface area (Å²) in [5.41, 5.74) is 0. The fourth-order valence-electron chi connectivity index (χ4n) is 2.76. The average molecular weight is 284 g/mol. The van der Waals surface area contributed by atoms with Crippen molar-refractivity contribution in [2.75, 3.05) is 33.3 Å². The van der Waals surface area contributed by atoms with Crippen LogP contribution in [0.1, 0.15) is 46.0 Å². The lowest BCUT2D eigenvalue weighted by atomic mass is 10.0. The molecule has 1 saturated heterocycles. The molecule has 0 aromatic rings. The molecule has 1 heterocycles. The maximum Gasteiger partial charge on any atom is 0.323 e. The second-order valence-corrected chi connectivity index (χ2v) is 5.39. The molecule has 1 amide bonds. The smallest absolute Gasteiger partial charge is 0.323 e. The normalized spacial score (nSPS) is 19.6. The van der Waals surface area contributed by atoms with E-state index in [1.165, 1.54) is 7.11 Å². The van der Waals surface area contributed by atoms with Gasteiger partial charge in [-0.25, -0.2) is 0 Å². The first-order valence-corrected chi connectivity index (χ1v) is 7.73. The molecule has 116 valence electrons. The van der Waals surface area contributed by atoms with E-state index in [0.717, 1.165) is 51.7 Å². The molecule has 1 aliphatic rings. The minimum absolute atomic E-state index is 0.129. The highest BCUT2D eigenvalue weighted by Gasteiger charge is 2.31. The van der Waals surface area contributed by atoms with Crippen LogP contribution in [-0.4, -0.2) is 61.0 Å². The van der Waals surface area contributed by atoms with Gasteiger partial charge in [-0.1, -0.05) is 20.3 Å². The largest absolute Gasteiger partial charge is 0.468 e. The molecule has 1 unspecified atom stereocenters. The van der Waals surface area contributed by atoms with Crippen LogP contribution in [0.2, 0.25) is 0 Å². The molecule has 5 nitrogen and oxygen atoms in total. The number of esters is 1. The van der Waals surface area contributed by atoms with Crippen LogP contribution in [0, 0.1) is 0 Å². The standard InChI is InChI=1S/C15H28N2O3/c1-4-9-16(10-5-2)14(18)12-17-11-7-6-8-13(17)15(19)20-3/h13H,4-12H2,1-3H3. The number of methoxy groups -OCH3 is 1. The first kappa shape index (κ1) is 17.0. The van der Waals surface area contributed by atoms with E-state index >= 15 is 0 Å². The molecule has 0 aliphatic carbocycles. The molecule has 1 aliphatic heterocycles. The monoisotopic (exact) mass is 284 g/mol. The van der Waals surface area contributed by atoms with Gasteiger partial charge in [-0.3, -0.25) is 14.5 Å². The van der Waals surface area contributed by atoms with Crippen molar-refractivity contribution in [2.45, 2.75) is 52.0 Å². The van der Waals surface area contributed by atoms with Crippen LogP contribution in [0.5, 0.6) is 0 Å². The molecule has 0 bridgehead atoms. The Morgan fingerprint density at radius 2 is 1.85 bits per heavy atom. The molecule has 0 spiro atoms. The minimum atomic E-state index is -0.247. The number of ether oxygens (including phenoxy) is 1. The predicted octanol–water partition coefficient (Wildman–Crippen LogP) is 1.66. The van der Waals surface area contributed by atoms with E-state index in [9.17, 15) is 9.59 Å². The van der Waals surface area contributed by atoms with Crippen molar-refractivity contribution in [3.05, 3.63) is 0 Å². The predicted molar refractivity (Wildman–Crippen MR) is 78.4 cm³/mol. The Kier molecular flexibility index (Phi) is 7.59. The van der Waals surface area contributed by atoms with Crippen LogP contribution in [0.4, 0.5) is 0 Å². The Morgan fingerprint density at radius 1 is 1.20 bits per heavy atom. The Labute approximate surface area is 122 Å². The van der Waals surface area contributed by atoms with Crippen molar-refractivity contribution in [3.63, 3.8) is 0 Å². The van der Waals surface area contributed by atoms with E-state index in [1.54, 1.807) is 0 Å². The number of likely N-dealkylation sites (tertiary alicyclic amines) is 1. The molecule has 0 saturated carbocycles. The van der Waals surface area contributed by atoms with Gasteiger partial charge >= 0.3 is 5.97 Å². The molecule has 0 radical (unpaired) electrons. The quantitative estimate of drug-likeness (QED) is 0.667. The second kappa shape index (κ2) is 8.95. The van der Waals surface area contributed by atoms with Gasteiger partial charge in [-0.15, -0.1) is 0 Å². The topological polar surface area (TPSA) is 49.9 Å². The Balaban J connectivity index is 2.62. The Morgan fingerprint density at radius 3 is 2.40 bits per heavy atom. The molecule has 5 heteroatoms. The van der Waals surface area contributed by atoms with Gasteiger partial charge in [-0.2, -0.15) is 0 Å². The number of rotatable bonds is 7. The number of piperidine rings is 1. The van der Waals surface area contributed by atoms with Gasteiger partial charge in [0.2, 0.25) is 5.91 Å². The third-order valence-corrected chi connectivity index (χ3v) is 3.77. The molecule has 20 heavy (non-hydrogen) atoms. The van der Waals surface area contributed by atoms with Gasteiger partial charge in [-0.05, 0) is 32.2 Å². The van der Waals surface area contributed by atoms with Crippen LogP contribution in [-0.2, 0) is 14.3 Å². The first-order valence-electron chi connectivity index (χ1n) is 7.73. The molecular weight excluding hydrogens is 256 g/mol. The zero-order valence-electron chi connectivity index (χ0n) is 13.1. The number of hydrogen-bond acceptors (Lipinski definition) is 4. The van der Waals surface area contributed by atoms with Crippen LogP contribution in [0.15, 0.2) is 0 Å². The lowest BCUT2D eigenvalue weighted by molar-refractivity contribution is -0.149. The SMILES string of the molecule is CCCN(CCC)C(=O)CN1CCCCC1C(=O)OC. The van der Waals surface area contributed by atoms with Gasteiger partial charge in [0.05, 0.1) is 13.7 Å². The maximum absolute atomic E-state index is 12.4. The molecular formula is C15H28N2O3. The van der Waals surface area contributed by atoms with Crippen LogP contribution in [0.25, 0.3) is 0 Å². The minimum Gasteiger partial charge on any atom is -0.468 e. The molecule has 1 rings (SSSR count). The summed E-state index contributed by atoms with van der Waals surface area (Å²) < 4.78 is 4.85. The fraction of sp³-hybridized carbons (Fsp3) is 0.867. The Bertz CT molecular complexity index is 314. The summed E-state index contributed by atoms with van der Waals surface area (Å²) in [5, 5.41) is 0. The maximum atomic E-state index is 12.4. The van der Waals surface area contributed by atoms with Gasteiger partial charge in [0, 0.05) is 13.1 Å². The van der Waals surface area contributed by atoms with Gasteiger partial charge in [0.15, 0.2) is 0 Å². The highest BCUT2D eigenvalue weighted by molar-refractivity contribution is 5.80. The van der Waals surface area contributed by atoms with Crippen LogP contribution >= 0.6 is 0 Å². The lowest BCUT2D eigenvalue weighted by Gasteiger charge is -2.34. The summed E-state index contributed by atoms with van der Waals surface area (Å²) in [6.07, 6.45) is 4.79. The first-order chi connectivity index (χ1) is 9.63. The zero-order chi connectivity index (χ0) is 15.0. The second-order valence-electron chi connectivity index (χ2n) is 5.39. The molecule has 0 aromatic heterocycles. The highest BCUT2D eigenvalue weighted by Crippen LogP contribution is 2.18. The van der Waals surface area contributed by atoms with E-state index in [4.69, 9.17) is 4.74 Å². The van der Waals surface area contributed by atoms with Crippen LogP contribution in [0.3, 0.4) is 0 Å². The molecule has 1 atom stereocenters. The van der Waals surface area contributed by atoms with Crippen LogP contribution < -0.4 is 0 Å². The summed E-state index contributed by atoms with van der Waals surface area (Å²) >= 11 is 0. The van der Waals surface area contributed by atoms with Crippen molar-refractivity contribution in [1.29, 1.82) is 0 Å². The number of amides is 1. The lowest BCUT2D eigenvalue weighted by Crippen LogP contribution is -2.50. The van der Waals surface area contributed by atoms with Crippen molar-refractivity contribution in [3.8, 4) is 0 Å². The fourth-order valence-corrected chi connectivity index (χ4v) is 2.76. The summed E-state index contributed by atoms with van der Waals surface area (Å²) in [6.45, 7) is 6.88. The molecule has 0 aromatic carbocycles. The van der Waals surface area contributed by atoms with Gasteiger partial charge in [0.25, 0.3) is 0 Å². The number of carbonyl (C=O) groups is 2. The third-order valence-electron chi connectivity index (χ3n) is 3.77. The number of nitrogens with zero attached hydrogens (tertiary/aromatic N) is 2. The van der Waals surface area contributed by atoms with Gasteiger partial charge in [0.1, 0.15) is 6.04 Å². The van der Waals surface area contributed by atoms with E-state index in [2.05, 4.69) is 13.8 Å². The van der Waals surface area contributed by atoms with E-state index in [-0.39, 0.29) is 17.9 Å². The average Bonchev–Trinajstić information content (AvgIpc) is 2.46. The van der Waals surface area contributed by atoms with E-state index < -0.39 is 0 Å². The molecule has 1 fully saturated rings. The number of hydrogen-bond donors (Lipinski definition) is 0. The van der Waals surface area contributed by atoms with Gasteiger partial charge < -0.3 is 9.64 Å². The summed E-state index contributed by atoms with van der Waals surface area (Å²) in [4.78, 5) is 28.1. The van der Waals surface area contributed by atoms with Crippen molar-refractivity contribution in [1.82, 2.24) is 9.80 Å². The summed E-state index contributed by atoms with van der Waals surface area (Å²) in [6, 6.07) is -0.247. The molecule has 0 N–H and O–H groups in total. The van der Waals surface area contributed by atoms with Crippen molar-refractivity contribution in [2.24, 2.45) is 0 Å². The summed E-state index contributed by atoms with van der Waals surface area (Å²) in [5.74, 6) is -0.0838. The highest BCUT2D eigenvalue weighted by atomic mass is 16.5. The summed E-state index contributed by atoms with van der Waals surface area (Å²) in [7, 11) is 1.41. The zero-order valence-corrected chi connectivity index (χ0v) is 13.1. The Hall–Kier alpha value is -1.10. The number of carbonyl (C=O) groups excluding carboxylic acids is 2. The van der Waals surface area contributed by atoms with E-state index in [1.807, 2.05) is 9.80 Å².